The van der Waals surface area contributed by atoms with Crippen molar-refractivity contribution in [3.63, 3.8) is 0 Å². The fourth-order valence-electron chi connectivity index (χ4n) is 8.12. The quantitative estimate of drug-likeness (QED) is 0.759. The van der Waals surface area contributed by atoms with Crippen molar-refractivity contribution in [2.45, 2.75) is 84.3 Å². The van der Waals surface area contributed by atoms with Crippen LogP contribution >= 0.6 is 0 Å². The van der Waals surface area contributed by atoms with E-state index in [0.29, 0.717) is 17.8 Å². The molecule has 4 saturated carbocycles. The van der Waals surface area contributed by atoms with Gasteiger partial charge in [-0.15, -0.1) is 0 Å². The maximum Gasteiger partial charge on any atom is 0.0661 e. The number of hydrogen-bond donors (Lipinski definition) is 1. The average molecular weight is 346 g/mol. The average Bonchev–Trinajstić information content (AvgIpc) is 2.91. The van der Waals surface area contributed by atoms with Gasteiger partial charge in [-0.2, -0.15) is 5.26 Å². The Morgan fingerprint density at radius 1 is 1.04 bits per heavy atom. The van der Waals surface area contributed by atoms with Gasteiger partial charge in [0.15, 0.2) is 0 Å². The number of hydrogen-bond acceptors (Lipinski definition) is 3. The van der Waals surface area contributed by atoms with Crippen LogP contribution in [-0.4, -0.2) is 24.4 Å². The second-order valence-corrected chi connectivity index (χ2v) is 10.5. The molecule has 4 fully saturated rings. The van der Waals surface area contributed by atoms with E-state index in [1.807, 2.05) is 7.11 Å². The SMILES string of the molecule is CO[C@H]1C[C@@]2(C)C(CC[C@@H]2C#N)[C@@H]2CC[C@]3(C)C[C@H](O)CC[C@]3(C)C21. The Morgan fingerprint density at radius 3 is 2.48 bits per heavy atom. The molecule has 3 heteroatoms. The smallest absolute Gasteiger partial charge is 0.0661 e. The van der Waals surface area contributed by atoms with E-state index in [9.17, 15) is 10.4 Å². The second kappa shape index (κ2) is 5.70. The largest absolute Gasteiger partial charge is 0.393 e. The lowest BCUT2D eigenvalue weighted by Gasteiger charge is -2.66. The molecule has 3 nitrogen and oxygen atoms in total. The molecule has 4 aliphatic rings. The number of methoxy groups -OCH3 is 1. The molecule has 0 amide bonds. The highest BCUT2D eigenvalue weighted by Crippen LogP contribution is 2.70. The summed E-state index contributed by atoms with van der Waals surface area (Å²) in [6.45, 7) is 7.31. The maximum atomic E-state index is 10.3. The molecule has 0 bridgehead atoms. The minimum absolute atomic E-state index is 0.126. The van der Waals surface area contributed by atoms with E-state index in [-0.39, 0.29) is 34.4 Å². The molecule has 2 unspecified atom stereocenters. The van der Waals surface area contributed by atoms with Crippen molar-refractivity contribution in [2.24, 2.45) is 39.9 Å². The number of ether oxygens (including phenoxy) is 1. The Balaban J connectivity index is 1.74. The van der Waals surface area contributed by atoms with Crippen LogP contribution in [0.15, 0.2) is 0 Å². The normalized spacial score (nSPS) is 57.9. The third kappa shape index (κ3) is 2.23. The lowest BCUT2D eigenvalue weighted by molar-refractivity contribution is -0.213. The molecule has 25 heavy (non-hydrogen) atoms. The van der Waals surface area contributed by atoms with Crippen LogP contribution in [0.5, 0.6) is 0 Å². The summed E-state index contributed by atoms with van der Waals surface area (Å²) in [6, 6.07) is 2.63. The van der Waals surface area contributed by atoms with E-state index in [4.69, 9.17) is 4.74 Å². The molecule has 9 atom stereocenters. The summed E-state index contributed by atoms with van der Waals surface area (Å²) in [5.74, 6) is 2.15. The lowest BCUT2D eigenvalue weighted by Crippen LogP contribution is -2.62. The van der Waals surface area contributed by atoms with Crippen LogP contribution in [0.25, 0.3) is 0 Å². The zero-order valence-electron chi connectivity index (χ0n) is 16.4. The zero-order valence-corrected chi connectivity index (χ0v) is 16.4. The molecule has 0 heterocycles. The van der Waals surface area contributed by atoms with Crippen LogP contribution in [0, 0.1) is 51.2 Å². The number of nitriles is 1. The van der Waals surface area contributed by atoms with E-state index in [1.165, 1.54) is 19.3 Å². The summed E-state index contributed by atoms with van der Waals surface area (Å²) in [7, 11) is 1.88. The van der Waals surface area contributed by atoms with Gasteiger partial charge in [-0.3, -0.25) is 0 Å². The second-order valence-electron chi connectivity index (χ2n) is 10.5. The van der Waals surface area contributed by atoms with Gasteiger partial charge in [-0.25, -0.2) is 0 Å². The minimum atomic E-state index is -0.126. The van der Waals surface area contributed by atoms with Gasteiger partial charge in [0.05, 0.1) is 24.2 Å². The fourth-order valence-corrected chi connectivity index (χ4v) is 8.12. The van der Waals surface area contributed by atoms with Crippen LogP contribution in [0.4, 0.5) is 0 Å². The molecule has 0 spiro atoms. The van der Waals surface area contributed by atoms with Gasteiger partial charge in [-0.05, 0) is 85.4 Å². The van der Waals surface area contributed by atoms with Crippen LogP contribution in [0.2, 0.25) is 0 Å². The number of rotatable bonds is 1. The van der Waals surface area contributed by atoms with Crippen molar-refractivity contribution >= 4 is 0 Å². The first-order valence-corrected chi connectivity index (χ1v) is 10.4. The summed E-state index contributed by atoms with van der Waals surface area (Å²) in [5, 5.41) is 20.1. The minimum Gasteiger partial charge on any atom is -0.393 e. The molecule has 140 valence electrons. The van der Waals surface area contributed by atoms with Crippen LogP contribution in [-0.2, 0) is 4.74 Å². The van der Waals surface area contributed by atoms with Gasteiger partial charge >= 0.3 is 0 Å². The number of nitrogens with zero attached hydrogens (tertiary/aromatic N) is 1. The van der Waals surface area contributed by atoms with Crippen LogP contribution in [0.1, 0.15) is 72.1 Å². The Labute approximate surface area is 153 Å². The number of aliphatic hydroxyl groups excluding tert-OH is 1. The monoisotopic (exact) mass is 345 g/mol. The summed E-state index contributed by atoms with van der Waals surface area (Å²) >= 11 is 0. The third-order valence-electron chi connectivity index (χ3n) is 9.71. The first kappa shape index (κ1) is 17.8. The molecule has 4 rings (SSSR count). The van der Waals surface area contributed by atoms with Gasteiger partial charge in [0.1, 0.15) is 0 Å². The van der Waals surface area contributed by atoms with Crippen molar-refractivity contribution in [1.82, 2.24) is 0 Å². The maximum absolute atomic E-state index is 10.3. The summed E-state index contributed by atoms with van der Waals surface area (Å²) in [4.78, 5) is 0. The highest BCUT2D eigenvalue weighted by molar-refractivity contribution is 5.17. The van der Waals surface area contributed by atoms with Crippen LogP contribution < -0.4 is 0 Å². The van der Waals surface area contributed by atoms with Gasteiger partial charge in [0.2, 0.25) is 0 Å². The predicted molar refractivity (Wildman–Crippen MR) is 97.6 cm³/mol. The van der Waals surface area contributed by atoms with Gasteiger partial charge in [0, 0.05) is 7.11 Å². The Bertz CT molecular complexity index is 585. The highest BCUT2D eigenvalue weighted by Gasteiger charge is 2.66. The standard InChI is InChI=1S/C22H35NO2/c1-20-9-8-16-17-6-5-14(13-23)21(17,2)12-18(25-4)19(16)22(20,3)10-7-15(24)11-20/h14-19,24H,5-12H2,1-4H3/t14-,15-,16+,17?,18+,19?,20-,21-,22-/m1/s1. The van der Waals surface area contributed by atoms with Crippen molar-refractivity contribution in [2.75, 3.05) is 7.11 Å². The Kier molecular flexibility index (Phi) is 4.06. The number of aliphatic hydroxyl groups is 1. The summed E-state index contributed by atoms with van der Waals surface area (Å²) in [6.07, 6.45) is 8.97. The molecule has 0 saturated heterocycles. The van der Waals surface area contributed by atoms with Gasteiger partial charge < -0.3 is 9.84 Å². The fraction of sp³-hybridized carbons (Fsp3) is 0.955. The van der Waals surface area contributed by atoms with E-state index >= 15 is 0 Å². The van der Waals surface area contributed by atoms with Gasteiger partial charge in [-0.1, -0.05) is 20.8 Å². The third-order valence-corrected chi connectivity index (χ3v) is 9.71. The molecular formula is C22H35NO2. The van der Waals surface area contributed by atoms with Gasteiger partial charge in [0.25, 0.3) is 0 Å². The number of fused-ring (bicyclic) bond motifs is 5. The Morgan fingerprint density at radius 2 is 1.80 bits per heavy atom. The van der Waals surface area contributed by atoms with Crippen molar-refractivity contribution in [3.8, 4) is 6.07 Å². The zero-order chi connectivity index (χ0) is 18.0. The first-order chi connectivity index (χ1) is 11.8. The molecule has 0 aliphatic heterocycles. The molecular weight excluding hydrogens is 310 g/mol. The molecule has 0 aromatic rings. The molecule has 0 aromatic heterocycles. The lowest BCUT2D eigenvalue weighted by atomic mass is 9.39. The molecule has 0 radical (unpaired) electrons. The first-order valence-electron chi connectivity index (χ1n) is 10.4. The summed E-state index contributed by atoms with van der Waals surface area (Å²) in [5.41, 5.74) is 0.611. The van der Waals surface area contributed by atoms with E-state index < -0.39 is 0 Å². The molecule has 1 N–H and O–H groups in total. The predicted octanol–water partition coefficient (Wildman–Crippen LogP) is 4.54. The highest BCUT2D eigenvalue weighted by atomic mass is 16.5. The van der Waals surface area contributed by atoms with Crippen LogP contribution in [0.3, 0.4) is 0 Å². The summed E-state index contributed by atoms with van der Waals surface area (Å²) < 4.78 is 6.14. The van der Waals surface area contributed by atoms with E-state index in [0.717, 1.165) is 32.1 Å². The molecule has 4 aliphatic carbocycles. The van der Waals surface area contributed by atoms with Crippen molar-refractivity contribution in [1.29, 1.82) is 5.26 Å². The van der Waals surface area contributed by atoms with E-state index in [2.05, 4.69) is 26.8 Å². The topological polar surface area (TPSA) is 53.2 Å². The van der Waals surface area contributed by atoms with E-state index in [1.54, 1.807) is 0 Å². The van der Waals surface area contributed by atoms with Crippen molar-refractivity contribution in [3.05, 3.63) is 0 Å². The molecule has 0 aromatic carbocycles. The van der Waals surface area contributed by atoms with Crippen molar-refractivity contribution < 1.29 is 9.84 Å². The Hall–Kier alpha value is -0.590.